The quantitative estimate of drug-likeness (QED) is 0.675. The number of halogens is 1. The molecule has 0 atom stereocenters. The number of carbonyl (C=O) groups excluding carboxylic acids is 1. The fraction of sp³-hybridized carbons (Fsp3) is 0.300. The van der Waals surface area contributed by atoms with Gasteiger partial charge in [-0.2, -0.15) is 0 Å². The number of amides is 2. The molecule has 14 heavy (non-hydrogen) atoms. The highest BCUT2D eigenvalue weighted by Gasteiger charge is 2.24. The van der Waals surface area contributed by atoms with Gasteiger partial charge < -0.3 is 4.90 Å². The third-order valence-corrected chi connectivity index (χ3v) is 3.09. The smallest absolute Gasteiger partial charge is 0.323 e. The van der Waals surface area contributed by atoms with Crippen LogP contribution in [0.4, 0.5) is 10.5 Å². The SMILES string of the molecule is CN1Cc2cc(I)ccc2N(C)C1=O. The van der Waals surface area contributed by atoms with Crippen LogP contribution in [-0.2, 0) is 6.54 Å². The highest BCUT2D eigenvalue weighted by Crippen LogP contribution is 2.27. The number of hydrogen-bond acceptors (Lipinski definition) is 1. The molecule has 1 aliphatic heterocycles. The van der Waals surface area contributed by atoms with E-state index < -0.39 is 0 Å². The van der Waals surface area contributed by atoms with Crippen LogP contribution in [0.15, 0.2) is 18.2 Å². The molecule has 1 heterocycles. The van der Waals surface area contributed by atoms with Crippen molar-refractivity contribution in [1.82, 2.24) is 4.90 Å². The summed E-state index contributed by atoms with van der Waals surface area (Å²) in [6.45, 7) is 0.704. The van der Waals surface area contributed by atoms with Crippen molar-refractivity contribution < 1.29 is 4.79 Å². The number of hydrogen-bond donors (Lipinski definition) is 0. The topological polar surface area (TPSA) is 23.6 Å². The summed E-state index contributed by atoms with van der Waals surface area (Å²) in [5.41, 5.74) is 2.23. The maximum atomic E-state index is 11.6. The Labute approximate surface area is 96.8 Å². The minimum Gasteiger partial charge on any atom is -0.323 e. The lowest BCUT2D eigenvalue weighted by molar-refractivity contribution is 0.212. The normalized spacial score (nSPS) is 15.8. The molecule has 0 saturated heterocycles. The molecule has 1 aliphatic rings. The molecule has 0 unspecified atom stereocenters. The number of anilines is 1. The van der Waals surface area contributed by atoms with Crippen molar-refractivity contribution in [3.63, 3.8) is 0 Å². The molecule has 1 aromatic carbocycles. The first-order valence-electron chi connectivity index (χ1n) is 4.37. The van der Waals surface area contributed by atoms with Crippen LogP contribution in [0.3, 0.4) is 0 Å². The van der Waals surface area contributed by atoms with Gasteiger partial charge in [-0.25, -0.2) is 4.79 Å². The second kappa shape index (κ2) is 3.42. The Balaban J connectivity index is 2.50. The monoisotopic (exact) mass is 302 g/mol. The van der Waals surface area contributed by atoms with Crippen LogP contribution in [0.1, 0.15) is 5.56 Å². The van der Waals surface area contributed by atoms with Crippen molar-refractivity contribution in [1.29, 1.82) is 0 Å². The minimum absolute atomic E-state index is 0.0544. The van der Waals surface area contributed by atoms with E-state index in [9.17, 15) is 4.79 Å². The van der Waals surface area contributed by atoms with Gasteiger partial charge in [-0.05, 0) is 46.4 Å². The molecular formula is C10H11IN2O. The summed E-state index contributed by atoms with van der Waals surface area (Å²) in [6, 6.07) is 6.20. The van der Waals surface area contributed by atoms with Gasteiger partial charge in [-0.15, -0.1) is 0 Å². The average Bonchev–Trinajstić information content (AvgIpc) is 2.14. The van der Waals surface area contributed by atoms with Crippen LogP contribution in [0.25, 0.3) is 0 Å². The summed E-state index contributed by atoms with van der Waals surface area (Å²) in [7, 11) is 3.63. The third-order valence-electron chi connectivity index (χ3n) is 2.42. The Hall–Kier alpha value is -0.780. The summed E-state index contributed by atoms with van der Waals surface area (Å²) in [6.07, 6.45) is 0. The lowest BCUT2D eigenvalue weighted by Crippen LogP contribution is -2.42. The van der Waals surface area contributed by atoms with Gasteiger partial charge in [-0.3, -0.25) is 4.90 Å². The van der Waals surface area contributed by atoms with E-state index >= 15 is 0 Å². The van der Waals surface area contributed by atoms with Gasteiger partial charge in [0.2, 0.25) is 0 Å². The molecule has 0 spiro atoms. The number of urea groups is 1. The van der Waals surface area contributed by atoms with Crippen LogP contribution in [0.5, 0.6) is 0 Å². The summed E-state index contributed by atoms with van der Waals surface area (Å²) in [5, 5.41) is 0. The molecule has 2 amide bonds. The maximum absolute atomic E-state index is 11.6. The summed E-state index contributed by atoms with van der Waals surface area (Å²) < 4.78 is 1.21. The first kappa shape index (κ1) is 9.76. The molecule has 0 fully saturated rings. The molecule has 2 rings (SSSR count). The van der Waals surface area contributed by atoms with Gasteiger partial charge in [0.25, 0.3) is 0 Å². The predicted octanol–water partition coefficient (Wildman–Crippen LogP) is 2.29. The van der Waals surface area contributed by atoms with Crippen LogP contribution < -0.4 is 4.90 Å². The molecule has 0 N–H and O–H groups in total. The Morgan fingerprint density at radius 1 is 1.36 bits per heavy atom. The Morgan fingerprint density at radius 3 is 2.79 bits per heavy atom. The third kappa shape index (κ3) is 1.47. The van der Waals surface area contributed by atoms with Crippen LogP contribution in [0.2, 0.25) is 0 Å². The van der Waals surface area contributed by atoms with Gasteiger partial charge >= 0.3 is 6.03 Å². The van der Waals surface area contributed by atoms with E-state index in [2.05, 4.69) is 28.7 Å². The molecule has 1 aromatic rings. The van der Waals surface area contributed by atoms with E-state index in [1.165, 1.54) is 9.13 Å². The van der Waals surface area contributed by atoms with E-state index in [1.54, 1.807) is 9.80 Å². The van der Waals surface area contributed by atoms with E-state index in [4.69, 9.17) is 0 Å². The number of carbonyl (C=O) groups is 1. The van der Waals surface area contributed by atoms with Crippen molar-refractivity contribution in [2.24, 2.45) is 0 Å². The van der Waals surface area contributed by atoms with Crippen LogP contribution >= 0.6 is 22.6 Å². The van der Waals surface area contributed by atoms with E-state index in [0.29, 0.717) is 6.54 Å². The fourth-order valence-corrected chi connectivity index (χ4v) is 2.25. The summed E-state index contributed by atoms with van der Waals surface area (Å²) in [5.74, 6) is 0. The first-order chi connectivity index (χ1) is 6.59. The lowest BCUT2D eigenvalue weighted by atomic mass is 10.1. The standard InChI is InChI=1S/C10H11IN2O/c1-12-6-7-5-8(11)3-4-9(7)13(2)10(12)14/h3-5H,6H2,1-2H3. The number of rotatable bonds is 0. The predicted molar refractivity (Wildman–Crippen MR) is 64.4 cm³/mol. The molecule has 4 heteroatoms. The van der Waals surface area contributed by atoms with Gasteiger partial charge in [0.15, 0.2) is 0 Å². The van der Waals surface area contributed by atoms with Crippen molar-refractivity contribution in [3.05, 3.63) is 27.3 Å². The largest absolute Gasteiger partial charge is 0.324 e. The van der Waals surface area contributed by atoms with Gasteiger partial charge in [0, 0.05) is 24.2 Å². The zero-order valence-corrected chi connectivity index (χ0v) is 10.3. The lowest BCUT2D eigenvalue weighted by Gasteiger charge is -2.32. The number of fused-ring (bicyclic) bond motifs is 1. The van der Waals surface area contributed by atoms with E-state index in [1.807, 2.05) is 26.2 Å². The van der Waals surface area contributed by atoms with Gasteiger partial charge in [0.05, 0.1) is 5.69 Å². The highest BCUT2D eigenvalue weighted by atomic mass is 127. The van der Waals surface area contributed by atoms with Crippen LogP contribution in [-0.4, -0.2) is 25.0 Å². The van der Waals surface area contributed by atoms with Crippen molar-refractivity contribution in [2.75, 3.05) is 19.0 Å². The Morgan fingerprint density at radius 2 is 2.07 bits per heavy atom. The maximum Gasteiger partial charge on any atom is 0.324 e. The Kier molecular flexibility index (Phi) is 2.38. The molecule has 0 aliphatic carbocycles. The molecule has 3 nitrogen and oxygen atoms in total. The first-order valence-corrected chi connectivity index (χ1v) is 5.44. The van der Waals surface area contributed by atoms with E-state index in [-0.39, 0.29) is 6.03 Å². The minimum atomic E-state index is 0.0544. The van der Waals surface area contributed by atoms with Crippen molar-refractivity contribution >= 4 is 34.3 Å². The highest BCUT2D eigenvalue weighted by molar-refractivity contribution is 14.1. The molecule has 0 saturated carbocycles. The van der Waals surface area contributed by atoms with Crippen LogP contribution in [0, 0.1) is 3.57 Å². The second-order valence-electron chi connectivity index (χ2n) is 3.47. The molecule has 0 aromatic heterocycles. The second-order valence-corrected chi connectivity index (χ2v) is 4.72. The zero-order chi connectivity index (χ0) is 10.3. The molecule has 0 bridgehead atoms. The number of benzene rings is 1. The van der Waals surface area contributed by atoms with E-state index in [0.717, 1.165) is 5.69 Å². The summed E-state index contributed by atoms with van der Waals surface area (Å²) in [4.78, 5) is 15.0. The van der Waals surface area contributed by atoms with Gasteiger partial charge in [-0.1, -0.05) is 0 Å². The zero-order valence-electron chi connectivity index (χ0n) is 8.12. The van der Waals surface area contributed by atoms with Gasteiger partial charge in [0.1, 0.15) is 0 Å². The molecule has 74 valence electrons. The van der Waals surface area contributed by atoms with Crippen molar-refractivity contribution in [2.45, 2.75) is 6.54 Å². The molecule has 0 radical (unpaired) electrons. The Bertz CT molecular complexity index is 392. The number of nitrogens with zero attached hydrogens (tertiary/aromatic N) is 2. The fourth-order valence-electron chi connectivity index (χ4n) is 1.69. The van der Waals surface area contributed by atoms with Crippen molar-refractivity contribution in [3.8, 4) is 0 Å². The summed E-state index contributed by atoms with van der Waals surface area (Å²) >= 11 is 2.28. The average molecular weight is 302 g/mol. The molecular weight excluding hydrogens is 291 g/mol.